The highest BCUT2D eigenvalue weighted by molar-refractivity contribution is 5.99. The minimum absolute atomic E-state index is 0.406. The largest absolute Gasteiger partial charge is 0.334 e. The summed E-state index contributed by atoms with van der Waals surface area (Å²) in [5.74, 6) is 1.25. The quantitative estimate of drug-likeness (QED) is 0.783. The molecule has 0 bridgehead atoms. The summed E-state index contributed by atoms with van der Waals surface area (Å²) in [4.78, 5) is 4.66. The van der Waals surface area contributed by atoms with Crippen molar-refractivity contribution in [3.8, 4) is 11.5 Å². The Bertz CT molecular complexity index is 896. The highest BCUT2D eigenvalue weighted by Gasteiger charge is 2.36. The fourth-order valence-electron chi connectivity index (χ4n) is 4.20. The van der Waals surface area contributed by atoms with Gasteiger partial charge < -0.3 is 10.3 Å². The smallest absolute Gasteiger partial charge is 0.258 e. The van der Waals surface area contributed by atoms with Crippen LogP contribution in [0.1, 0.15) is 42.6 Å². The Hall–Kier alpha value is -2.20. The van der Waals surface area contributed by atoms with Gasteiger partial charge in [0.2, 0.25) is 0 Å². The van der Waals surface area contributed by atoms with E-state index in [0.717, 1.165) is 44.1 Å². The summed E-state index contributed by atoms with van der Waals surface area (Å²) in [6.07, 6.45) is 6.41. The predicted octanol–water partition coefficient (Wildman–Crippen LogP) is 3.72. The lowest BCUT2D eigenvalue weighted by Crippen LogP contribution is -2.34. The molecule has 2 aliphatic rings. The van der Waals surface area contributed by atoms with Gasteiger partial charge in [-0.1, -0.05) is 42.3 Å². The van der Waals surface area contributed by atoms with Crippen LogP contribution < -0.4 is 5.73 Å². The summed E-state index contributed by atoms with van der Waals surface area (Å²) in [7, 11) is 0. The van der Waals surface area contributed by atoms with E-state index in [4.69, 9.17) is 10.3 Å². The van der Waals surface area contributed by atoms with Gasteiger partial charge in [-0.3, -0.25) is 0 Å². The van der Waals surface area contributed by atoms with E-state index in [1.54, 1.807) is 0 Å². The Morgan fingerprint density at radius 1 is 1.00 bits per heavy atom. The van der Waals surface area contributed by atoms with Crippen LogP contribution in [0.3, 0.4) is 0 Å². The third-order valence-electron chi connectivity index (χ3n) is 5.47. The maximum absolute atomic E-state index is 6.46. The van der Waals surface area contributed by atoms with E-state index >= 15 is 0 Å². The molecule has 0 radical (unpaired) electrons. The van der Waals surface area contributed by atoms with Crippen LogP contribution in [0, 0.1) is 0 Å². The number of nitrogens with zero attached hydrogens (tertiary/aromatic N) is 2. The third-order valence-corrected chi connectivity index (χ3v) is 5.47. The van der Waals surface area contributed by atoms with Gasteiger partial charge in [-0.05, 0) is 53.6 Å². The van der Waals surface area contributed by atoms with Crippen LogP contribution in [0.4, 0.5) is 0 Å². The number of hydrogen-bond donors (Lipinski definition) is 1. The second kappa shape index (κ2) is 4.65. The van der Waals surface area contributed by atoms with Crippen molar-refractivity contribution in [1.82, 2.24) is 10.1 Å². The highest BCUT2D eigenvalue weighted by Crippen LogP contribution is 2.38. The molecule has 0 spiro atoms. The van der Waals surface area contributed by atoms with Gasteiger partial charge in [-0.25, -0.2) is 0 Å². The van der Waals surface area contributed by atoms with Gasteiger partial charge >= 0.3 is 0 Å². The average molecular weight is 305 g/mol. The topological polar surface area (TPSA) is 64.9 Å². The molecule has 1 fully saturated rings. The maximum atomic E-state index is 6.46. The third kappa shape index (κ3) is 1.88. The normalized spacial score (nSPS) is 18.8. The second-order valence-electron chi connectivity index (χ2n) is 6.90. The average Bonchev–Trinajstić information content (AvgIpc) is 3.29. The van der Waals surface area contributed by atoms with Gasteiger partial charge in [0.25, 0.3) is 5.89 Å². The van der Waals surface area contributed by atoms with Crippen molar-refractivity contribution in [3.05, 3.63) is 47.3 Å². The lowest BCUT2D eigenvalue weighted by molar-refractivity contribution is 0.373. The van der Waals surface area contributed by atoms with Crippen LogP contribution in [0.25, 0.3) is 22.2 Å². The van der Waals surface area contributed by atoms with Crippen LogP contribution in [-0.2, 0) is 18.4 Å². The van der Waals surface area contributed by atoms with Gasteiger partial charge in [-0.2, -0.15) is 4.98 Å². The molecular weight excluding hydrogens is 286 g/mol. The summed E-state index contributed by atoms with van der Waals surface area (Å²) >= 11 is 0. The van der Waals surface area contributed by atoms with Gasteiger partial charge in [0.1, 0.15) is 0 Å². The number of rotatable bonds is 2. The van der Waals surface area contributed by atoms with Gasteiger partial charge in [-0.15, -0.1) is 0 Å². The predicted molar refractivity (Wildman–Crippen MR) is 89.0 cm³/mol. The second-order valence-corrected chi connectivity index (χ2v) is 6.90. The van der Waals surface area contributed by atoms with Gasteiger partial charge in [0.15, 0.2) is 5.82 Å². The molecule has 0 saturated heterocycles. The Kier molecular flexibility index (Phi) is 2.68. The van der Waals surface area contributed by atoms with E-state index < -0.39 is 5.54 Å². The highest BCUT2D eigenvalue weighted by atomic mass is 16.5. The number of nitrogens with two attached hydrogens (primary N) is 1. The van der Waals surface area contributed by atoms with Crippen molar-refractivity contribution in [2.24, 2.45) is 5.73 Å². The first-order valence-corrected chi connectivity index (χ1v) is 8.42. The van der Waals surface area contributed by atoms with E-state index in [0.29, 0.717) is 11.7 Å². The molecule has 2 N–H and O–H groups in total. The van der Waals surface area contributed by atoms with Crippen molar-refractivity contribution >= 4 is 10.8 Å². The van der Waals surface area contributed by atoms with Gasteiger partial charge in [0, 0.05) is 5.56 Å². The Labute approximate surface area is 134 Å². The molecule has 5 rings (SSSR count). The molecule has 4 nitrogen and oxygen atoms in total. The number of hydrogen-bond acceptors (Lipinski definition) is 4. The molecule has 4 heteroatoms. The van der Waals surface area contributed by atoms with Crippen molar-refractivity contribution in [2.45, 2.75) is 44.1 Å². The van der Waals surface area contributed by atoms with Crippen molar-refractivity contribution in [2.75, 3.05) is 0 Å². The number of aromatic nitrogens is 2. The van der Waals surface area contributed by atoms with E-state index in [1.807, 2.05) is 0 Å². The van der Waals surface area contributed by atoms with Crippen molar-refractivity contribution in [1.29, 1.82) is 0 Å². The molecule has 0 aliphatic heterocycles. The Morgan fingerprint density at radius 3 is 2.61 bits per heavy atom. The van der Waals surface area contributed by atoms with E-state index in [9.17, 15) is 0 Å². The minimum Gasteiger partial charge on any atom is -0.334 e. The zero-order valence-corrected chi connectivity index (χ0v) is 13.0. The zero-order valence-electron chi connectivity index (χ0n) is 13.0. The zero-order chi connectivity index (χ0) is 15.4. The maximum Gasteiger partial charge on any atom is 0.258 e. The molecule has 0 atom stereocenters. The van der Waals surface area contributed by atoms with Gasteiger partial charge in [0.05, 0.1) is 5.54 Å². The molecule has 2 aliphatic carbocycles. The van der Waals surface area contributed by atoms with Crippen molar-refractivity contribution in [3.63, 3.8) is 0 Å². The van der Waals surface area contributed by atoms with E-state index in [2.05, 4.69) is 40.5 Å². The summed E-state index contributed by atoms with van der Waals surface area (Å²) in [5.41, 5.74) is 9.92. The Balaban J connectivity index is 1.66. The Morgan fingerprint density at radius 2 is 1.78 bits per heavy atom. The minimum atomic E-state index is -0.406. The lowest BCUT2D eigenvalue weighted by Gasteiger charge is -2.17. The van der Waals surface area contributed by atoms with Crippen LogP contribution in [-0.4, -0.2) is 10.1 Å². The lowest BCUT2D eigenvalue weighted by atomic mass is 9.98. The molecule has 0 amide bonds. The molecule has 23 heavy (non-hydrogen) atoms. The summed E-state index contributed by atoms with van der Waals surface area (Å²) < 4.78 is 5.60. The molecule has 3 aromatic rings. The summed E-state index contributed by atoms with van der Waals surface area (Å²) in [6.45, 7) is 0. The van der Waals surface area contributed by atoms with Crippen LogP contribution in [0.5, 0.6) is 0 Å². The standard InChI is InChI=1S/C19H19N3O/c20-19(10-1-2-11-19)18-21-17(23-22-18)15-9-8-13-7-6-12-4-3-5-14(15)16(12)13/h3-5,8-9H,1-2,6-7,10-11,20H2. The van der Waals surface area contributed by atoms with E-state index in [1.165, 1.54) is 21.9 Å². The summed E-state index contributed by atoms with van der Waals surface area (Å²) in [6, 6.07) is 10.8. The number of aryl methyl sites for hydroxylation is 2. The molecule has 2 aromatic carbocycles. The van der Waals surface area contributed by atoms with Crippen molar-refractivity contribution < 1.29 is 4.52 Å². The first kappa shape index (κ1) is 13.3. The first-order valence-electron chi connectivity index (χ1n) is 8.42. The summed E-state index contributed by atoms with van der Waals surface area (Å²) in [5, 5.41) is 6.78. The van der Waals surface area contributed by atoms with Crippen LogP contribution >= 0.6 is 0 Å². The SMILES string of the molecule is NC1(c2noc(-c3ccc4c5c(cccc35)CC4)n2)CCCC1. The molecule has 0 unspecified atom stereocenters. The first-order chi connectivity index (χ1) is 11.2. The molecule has 1 heterocycles. The molecule has 1 aromatic heterocycles. The molecule has 1 saturated carbocycles. The fraction of sp³-hybridized carbons (Fsp3) is 0.368. The molecular formula is C19H19N3O. The van der Waals surface area contributed by atoms with E-state index in [-0.39, 0.29) is 0 Å². The monoisotopic (exact) mass is 305 g/mol. The number of benzene rings is 2. The fourth-order valence-corrected chi connectivity index (χ4v) is 4.20. The van der Waals surface area contributed by atoms with Crippen LogP contribution in [0.2, 0.25) is 0 Å². The molecule has 116 valence electrons. The van der Waals surface area contributed by atoms with Crippen LogP contribution in [0.15, 0.2) is 34.9 Å².